The van der Waals surface area contributed by atoms with Crippen LogP contribution in [0.5, 0.6) is 0 Å². The molecule has 0 spiro atoms. The van der Waals surface area contributed by atoms with Crippen LogP contribution in [-0.2, 0) is 23.9 Å². The lowest BCUT2D eigenvalue weighted by Crippen LogP contribution is -2.31. The Bertz CT molecular complexity index is 1410. The monoisotopic (exact) mass is 547 g/mol. The van der Waals surface area contributed by atoms with Crippen molar-refractivity contribution in [2.24, 2.45) is 0 Å². The molecule has 3 aromatic carbocycles. The minimum atomic E-state index is -0.747. The van der Waals surface area contributed by atoms with Gasteiger partial charge in [0.15, 0.2) is 6.61 Å². The fourth-order valence-corrected chi connectivity index (χ4v) is 4.90. The van der Waals surface area contributed by atoms with E-state index < -0.39 is 29.7 Å². The number of anilines is 3. The second-order valence-corrected chi connectivity index (χ2v) is 9.70. The summed E-state index contributed by atoms with van der Waals surface area (Å²) >= 11 is 1.27. The van der Waals surface area contributed by atoms with Gasteiger partial charge in [0.2, 0.25) is 11.8 Å². The van der Waals surface area contributed by atoms with Crippen molar-refractivity contribution in [1.82, 2.24) is 0 Å². The summed E-state index contributed by atoms with van der Waals surface area (Å²) in [4.78, 5) is 63.7. The molecule has 0 radical (unpaired) electrons. The maximum Gasteiger partial charge on any atom is 0.338 e. The Hall–Kier alpha value is -4.64. The average Bonchev–Trinajstić information content (AvgIpc) is 3.20. The molecule has 3 aromatic rings. The van der Waals surface area contributed by atoms with Gasteiger partial charge < -0.3 is 20.5 Å². The van der Waals surface area contributed by atoms with Gasteiger partial charge >= 0.3 is 11.9 Å². The predicted molar refractivity (Wildman–Crippen MR) is 145 cm³/mol. The number of nitrogens with zero attached hydrogens (tertiary/aromatic N) is 1. The molecule has 4 rings (SSSR count). The van der Waals surface area contributed by atoms with Crippen LogP contribution in [-0.4, -0.2) is 48.1 Å². The first-order valence-corrected chi connectivity index (χ1v) is 12.9. The van der Waals surface area contributed by atoms with E-state index in [9.17, 15) is 24.0 Å². The lowest BCUT2D eigenvalue weighted by atomic mass is 10.2. The molecule has 10 nitrogen and oxygen atoms in total. The highest BCUT2D eigenvalue weighted by molar-refractivity contribution is 8.00. The topological polar surface area (TPSA) is 145 Å². The number of ether oxygens (including phenoxy) is 2. The van der Waals surface area contributed by atoms with Gasteiger partial charge in [-0.25, -0.2) is 14.5 Å². The molecule has 11 heteroatoms. The Morgan fingerprint density at radius 2 is 1.59 bits per heavy atom. The van der Waals surface area contributed by atoms with Gasteiger partial charge in [0.05, 0.1) is 28.7 Å². The highest BCUT2D eigenvalue weighted by Crippen LogP contribution is 2.34. The van der Waals surface area contributed by atoms with Crippen LogP contribution in [0.25, 0.3) is 0 Å². The smallest absolute Gasteiger partial charge is 0.338 e. The predicted octanol–water partition coefficient (Wildman–Crippen LogP) is 3.67. The number of esters is 2. The van der Waals surface area contributed by atoms with E-state index in [1.807, 2.05) is 6.07 Å². The number of carbonyl (C=O) groups is 5. The van der Waals surface area contributed by atoms with E-state index in [4.69, 9.17) is 15.2 Å². The van der Waals surface area contributed by atoms with Crippen LogP contribution in [0.2, 0.25) is 0 Å². The number of nitrogens with two attached hydrogens (primary N) is 1. The Balaban J connectivity index is 1.30. The van der Waals surface area contributed by atoms with E-state index in [1.54, 1.807) is 25.1 Å². The Labute approximate surface area is 228 Å². The normalized spacial score (nSPS) is 14.7. The molecule has 0 saturated carbocycles. The number of carbonyl (C=O) groups excluding carboxylic acids is 5. The fraction of sp³-hybridized carbons (Fsp3) is 0.179. The van der Waals surface area contributed by atoms with Gasteiger partial charge in [-0.05, 0) is 73.7 Å². The van der Waals surface area contributed by atoms with Gasteiger partial charge in [0.1, 0.15) is 0 Å². The number of hydrogen-bond acceptors (Lipinski definition) is 9. The third-order valence-electron chi connectivity index (χ3n) is 5.62. The van der Waals surface area contributed by atoms with Crippen molar-refractivity contribution in [1.29, 1.82) is 0 Å². The van der Waals surface area contributed by atoms with Crippen molar-refractivity contribution in [3.05, 3.63) is 83.9 Å². The third-order valence-corrected chi connectivity index (χ3v) is 6.80. The zero-order chi connectivity index (χ0) is 27.9. The molecule has 0 aromatic heterocycles. The summed E-state index contributed by atoms with van der Waals surface area (Å²) in [5, 5.41) is 1.99. The molecule has 1 aliphatic heterocycles. The standard InChI is InChI=1S/C28H25N3O7S/c1-2-37-27(35)17-6-10-20(11-7-17)30-24(32)16-38-28(36)18-8-12-21(13-9-18)31-25(33)15-23(26(31)34)39-22-5-3-4-19(29)14-22/h3-14,23H,2,15-16,29H2,1H3,(H,30,32). The molecule has 1 aliphatic rings. The van der Waals surface area contributed by atoms with Crippen molar-refractivity contribution in [2.45, 2.75) is 23.5 Å². The quantitative estimate of drug-likeness (QED) is 0.233. The first-order chi connectivity index (χ1) is 18.7. The first-order valence-electron chi connectivity index (χ1n) is 12.0. The number of hydrogen-bond donors (Lipinski definition) is 2. The van der Waals surface area contributed by atoms with Crippen LogP contribution >= 0.6 is 11.8 Å². The molecular formula is C28H25N3O7S. The van der Waals surface area contributed by atoms with Crippen molar-refractivity contribution in [3.63, 3.8) is 0 Å². The van der Waals surface area contributed by atoms with Gasteiger partial charge in [0.25, 0.3) is 5.91 Å². The summed E-state index contributed by atoms with van der Waals surface area (Å²) in [5.41, 5.74) is 7.61. The van der Waals surface area contributed by atoms with E-state index in [-0.39, 0.29) is 30.4 Å². The molecule has 200 valence electrons. The molecule has 1 fully saturated rings. The summed E-state index contributed by atoms with van der Waals surface area (Å²) in [6.07, 6.45) is 0.0444. The van der Waals surface area contributed by atoms with Crippen LogP contribution in [0.4, 0.5) is 17.1 Å². The van der Waals surface area contributed by atoms with E-state index in [0.717, 1.165) is 9.80 Å². The number of nitrogen functional groups attached to an aromatic ring is 1. The largest absolute Gasteiger partial charge is 0.462 e. The van der Waals surface area contributed by atoms with Gasteiger partial charge in [0, 0.05) is 22.7 Å². The van der Waals surface area contributed by atoms with Gasteiger partial charge in [-0.1, -0.05) is 6.07 Å². The van der Waals surface area contributed by atoms with E-state index in [1.165, 1.54) is 60.3 Å². The number of amides is 3. The van der Waals surface area contributed by atoms with Crippen LogP contribution in [0.1, 0.15) is 34.1 Å². The Kier molecular flexibility index (Phi) is 8.62. The molecule has 39 heavy (non-hydrogen) atoms. The average molecular weight is 548 g/mol. The molecule has 1 saturated heterocycles. The third kappa shape index (κ3) is 6.82. The fourth-order valence-electron chi connectivity index (χ4n) is 3.78. The Morgan fingerprint density at radius 1 is 0.949 bits per heavy atom. The molecule has 3 amide bonds. The zero-order valence-electron chi connectivity index (χ0n) is 20.9. The SMILES string of the molecule is CCOC(=O)c1ccc(NC(=O)COC(=O)c2ccc(N3C(=O)CC(Sc4cccc(N)c4)C3=O)cc2)cc1. The van der Waals surface area contributed by atoms with Gasteiger partial charge in [-0.2, -0.15) is 0 Å². The molecule has 1 atom stereocenters. The lowest BCUT2D eigenvalue weighted by Gasteiger charge is -2.15. The minimum Gasteiger partial charge on any atom is -0.462 e. The van der Waals surface area contributed by atoms with Crippen molar-refractivity contribution >= 4 is 58.5 Å². The van der Waals surface area contributed by atoms with E-state index in [0.29, 0.717) is 22.6 Å². The zero-order valence-corrected chi connectivity index (χ0v) is 21.7. The number of nitrogens with one attached hydrogen (secondary N) is 1. The van der Waals surface area contributed by atoms with Crippen molar-refractivity contribution in [3.8, 4) is 0 Å². The molecule has 0 bridgehead atoms. The van der Waals surface area contributed by atoms with Crippen LogP contribution in [0.3, 0.4) is 0 Å². The Morgan fingerprint density at radius 3 is 2.23 bits per heavy atom. The second kappa shape index (κ2) is 12.3. The maximum absolute atomic E-state index is 12.9. The van der Waals surface area contributed by atoms with E-state index >= 15 is 0 Å². The highest BCUT2D eigenvalue weighted by atomic mass is 32.2. The summed E-state index contributed by atoms with van der Waals surface area (Å²) in [5.74, 6) is -2.48. The molecule has 1 heterocycles. The lowest BCUT2D eigenvalue weighted by molar-refractivity contribution is -0.121. The molecule has 1 unspecified atom stereocenters. The van der Waals surface area contributed by atoms with Crippen LogP contribution in [0, 0.1) is 0 Å². The van der Waals surface area contributed by atoms with Gasteiger partial charge in [-0.3, -0.25) is 14.4 Å². The molecule has 0 aliphatic carbocycles. The highest BCUT2D eigenvalue weighted by Gasteiger charge is 2.40. The van der Waals surface area contributed by atoms with Crippen molar-refractivity contribution < 1.29 is 33.4 Å². The summed E-state index contributed by atoms with van der Waals surface area (Å²) in [7, 11) is 0. The van der Waals surface area contributed by atoms with Crippen LogP contribution in [0.15, 0.2) is 77.7 Å². The second-order valence-electron chi connectivity index (χ2n) is 8.42. The number of thioether (sulfide) groups is 1. The molecule has 3 N–H and O–H groups in total. The summed E-state index contributed by atoms with van der Waals surface area (Å²) in [6, 6.07) is 19.0. The number of rotatable bonds is 9. The van der Waals surface area contributed by atoms with Crippen LogP contribution < -0.4 is 16.0 Å². The number of benzene rings is 3. The first kappa shape index (κ1) is 27.4. The molecular weight excluding hydrogens is 522 g/mol. The van der Waals surface area contributed by atoms with Gasteiger partial charge in [-0.15, -0.1) is 11.8 Å². The van der Waals surface area contributed by atoms with E-state index in [2.05, 4.69) is 5.32 Å². The maximum atomic E-state index is 12.9. The minimum absolute atomic E-state index is 0.0444. The van der Waals surface area contributed by atoms with Crippen molar-refractivity contribution in [2.75, 3.05) is 29.2 Å². The summed E-state index contributed by atoms with van der Waals surface area (Å²) in [6.45, 7) is 1.42. The number of imide groups is 1. The summed E-state index contributed by atoms with van der Waals surface area (Å²) < 4.78 is 9.98.